The van der Waals surface area contributed by atoms with E-state index in [-0.39, 0.29) is 24.7 Å². The van der Waals surface area contributed by atoms with E-state index in [1.165, 1.54) is 12.1 Å². The lowest BCUT2D eigenvalue weighted by Crippen LogP contribution is -2.46. The van der Waals surface area contributed by atoms with Gasteiger partial charge in [0.2, 0.25) is 0 Å². The molecule has 1 N–H and O–H groups in total. The maximum atomic E-state index is 14.1. The van der Waals surface area contributed by atoms with Crippen molar-refractivity contribution in [1.29, 1.82) is 0 Å². The number of aromatic nitrogens is 1. The number of anilines is 2. The molecule has 1 saturated heterocycles. The zero-order chi connectivity index (χ0) is 38.8. The third kappa shape index (κ3) is 9.99. The number of para-hydroxylation sites is 3. The lowest BCUT2D eigenvalue weighted by atomic mass is 10.0. The van der Waals surface area contributed by atoms with Crippen LogP contribution in [0.1, 0.15) is 53.2 Å². The summed E-state index contributed by atoms with van der Waals surface area (Å²) in [5.41, 5.74) is 3.56. The molecule has 1 fully saturated rings. The molecule has 0 radical (unpaired) electrons. The molecule has 6 rings (SSSR count). The first-order valence-electron chi connectivity index (χ1n) is 18.7. The van der Waals surface area contributed by atoms with Crippen LogP contribution in [0.2, 0.25) is 0 Å². The van der Waals surface area contributed by atoms with Gasteiger partial charge >= 0.3 is 12.1 Å². The quantitative estimate of drug-likeness (QED) is 0.0575. The number of hydrogen-bond acceptors (Lipinski definition) is 8. The molecule has 9 nitrogen and oxygen atoms in total. The molecule has 0 unspecified atom stereocenters. The van der Waals surface area contributed by atoms with Gasteiger partial charge in [-0.3, -0.25) is 14.5 Å². The molecule has 4 aromatic carbocycles. The molecule has 1 aromatic heterocycles. The minimum absolute atomic E-state index is 0.174. The number of benzene rings is 4. The molecule has 0 saturated carbocycles. The first-order chi connectivity index (χ1) is 26.6. The Kier molecular flexibility index (Phi) is 13.0. The Bertz CT molecular complexity index is 2060. The summed E-state index contributed by atoms with van der Waals surface area (Å²) >= 11 is 0. The van der Waals surface area contributed by atoms with Gasteiger partial charge in [0.05, 0.1) is 37.3 Å². The second-order valence-corrected chi connectivity index (χ2v) is 13.5. The van der Waals surface area contributed by atoms with Gasteiger partial charge in [0.1, 0.15) is 11.5 Å². The molecule has 5 aromatic rings. The van der Waals surface area contributed by atoms with E-state index in [2.05, 4.69) is 21.2 Å². The second kappa shape index (κ2) is 18.2. The fraction of sp³-hybridized carbons (Fsp3) is 0.349. The highest BCUT2D eigenvalue weighted by molar-refractivity contribution is 6.16. The molecule has 0 bridgehead atoms. The molecule has 2 heterocycles. The number of methoxy groups -OCH3 is 1. The van der Waals surface area contributed by atoms with Crippen molar-refractivity contribution in [2.45, 2.75) is 45.5 Å². The Morgan fingerprint density at radius 2 is 1.58 bits per heavy atom. The maximum Gasteiger partial charge on any atom is 0.416 e. The Hall–Kier alpha value is -5.49. The third-order valence-corrected chi connectivity index (χ3v) is 9.80. The lowest BCUT2D eigenvalue weighted by molar-refractivity contribution is -0.143. The van der Waals surface area contributed by atoms with Crippen molar-refractivity contribution in [3.8, 4) is 11.5 Å². The monoisotopic (exact) mass is 756 g/mol. The highest BCUT2D eigenvalue weighted by Crippen LogP contribution is 2.32. The predicted molar refractivity (Wildman–Crippen MR) is 208 cm³/mol. The Morgan fingerprint density at radius 3 is 2.33 bits per heavy atom. The number of piperazine rings is 1. The topological polar surface area (TPSA) is 85.3 Å². The van der Waals surface area contributed by atoms with E-state index >= 15 is 0 Å². The van der Waals surface area contributed by atoms with Crippen molar-refractivity contribution in [1.82, 2.24) is 9.47 Å². The third-order valence-electron chi connectivity index (χ3n) is 9.80. The zero-order valence-electron chi connectivity index (χ0n) is 31.2. The summed E-state index contributed by atoms with van der Waals surface area (Å²) in [4.78, 5) is 30.8. The second-order valence-electron chi connectivity index (χ2n) is 13.5. The summed E-state index contributed by atoms with van der Waals surface area (Å²) in [6, 6.07) is 26.0. The van der Waals surface area contributed by atoms with Crippen LogP contribution >= 0.6 is 0 Å². The summed E-state index contributed by atoms with van der Waals surface area (Å²) in [7, 11) is 1.69. The fourth-order valence-electron chi connectivity index (χ4n) is 6.91. The Labute approximate surface area is 319 Å². The first kappa shape index (κ1) is 39.2. The van der Waals surface area contributed by atoms with Crippen molar-refractivity contribution < 1.29 is 37.0 Å². The Balaban J connectivity index is 1.15. The summed E-state index contributed by atoms with van der Waals surface area (Å²) in [6.07, 6.45) is -0.967. The van der Waals surface area contributed by atoms with Gasteiger partial charge in [0.25, 0.3) is 0 Å². The van der Waals surface area contributed by atoms with Crippen LogP contribution in [0.15, 0.2) is 97.2 Å². The fourth-order valence-corrected chi connectivity index (χ4v) is 6.91. The van der Waals surface area contributed by atoms with E-state index < -0.39 is 11.7 Å². The number of alkyl halides is 3. The SMILES string of the molecule is CCOC(=O)CCCn1cc(C(=O)c2ccc(NCc3ccc(C(F)(F)F)cc3)c(OCCCN3CCN(c4ccccc4OC)CC3)c2)c2ccccc21. The maximum absolute atomic E-state index is 14.1. The lowest BCUT2D eigenvalue weighted by Gasteiger charge is -2.36. The van der Waals surface area contributed by atoms with Crippen LogP contribution in [0, 0.1) is 0 Å². The molecule has 0 amide bonds. The highest BCUT2D eigenvalue weighted by atomic mass is 19.4. The predicted octanol–water partition coefficient (Wildman–Crippen LogP) is 8.45. The van der Waals surface area contributed by atoms with Gasteiger partial charge in [0.15, 0.2) is 5.78 Å². The van der Waals surface area contributed by atoms with Crippen LogP contribution in [0.25, 0.3) is 10.9 Å². The molecule has 55 heavy (non-hydrogen) atoms. The minimum atomic E-state index is -4.41. The van der Waals surface area contributed by atoms with Crippen molar-refractivity contribution >= 4 is 34.0 Å². The van der Waals surface area contributed by atoms with E-state index in [4.69, 9.17) is 14.2 Å². The molecule has 0 spiro atoms. The van der Waals surface area contributed by atoms with E-state index in [1.807, 2.05) is 53.2 Å². The van der Waals surface area contributed by atoms with Gasteiger partial charge in [0, 0.05) is 80.5 Å². The van der Waals surface area contributed by atoms with Crippen LogP contribution in [0.5, 0.6) is 11.5 Å². The van der Waals surface area contributed by atoms with Gasteiger partial charge in [-0.1, -0.05) is 42.5 Å². The molecule has 12 heteroatoms. The Morgan fingerprint density at radius 1 is 0.836 bits per heavy atom. The van der Waals surface area contributed by atoms with Crippen molar-refractivity contribution in [3.05, 3.63) is 119 Å². The number of aryl methyl sites for hydroxylation is 1. The number of ketones is 1. The molecule has 1 aliphatic heterocycles. The van der Waals surface area contributed by atoms with Crippen LogP contribution < -0.4 is 19.7 Å². The van der Waals surface area contributed by atoms with Crippen molar-refractivity contribution in [2.24, 2.45) is 0 Å². The van der Waals surface area contributed by atoms with E-state index in [9.17, 15) is 22.8 Å². The standard InChI is InChI=1S/C43H47F3N4O5/c1-3-54-41(51)14-8-22-50-30-35(34-10-4-5-11-37(34)50)42(52)32-17-20-36(47-29-31-15-18-33(19-16-31)43(44,45)46)40(28-32)55-27-9-21-48-23-25-49(26-24-48)38-12-6-7-13-39(38)53-2/h4-7,10-13,15-20,28,30,47H,3,8-9,14,21-27,29H2,1-2H3. The van der Waals surface area contributed by atoms with Gasteiger partial charge in [-0.2, -0.15) is 13.2 Å². The zero-order valence-corrected chi connectivity index (χ0v) is 31.2. The highest BCUT2D eigenvalue weighted by Gasteiger charge is 2.30. The summed E-state index contributed by atoms with van der Waals surface area (Å²) in [6.45, 7) is 7.72. The number of carbonyl (C=O) groups excluding carboxylic acids is 2. The summed E-state index contributed by atoms with van der Waals surface area (Å²) in [5.74, 6) is 0.926. The van der Waals surface area contributed by atoms with Gasteiger partial charge in [-0.15, -0.1) is 0 Å². The molecule has 290 valence electrons. The average Bonchev–Trinajstić information content (AvgIpc) is 3.57. The number of ether oxygens (including phenoxy) is 3. The van der Waals surface area contributed by atoms with E-state index in [0.29, 0.717) is 54.3 Å². The number of nitrogens with one attached hydrogen (secondary N) is 1. The van der Waals surface area contributed by atoms with E-state index in [1.54, 1.807) is 32.2 Å². The molecular weight excluding hydrogens is 709 g/mol. The normalized spacial score (nSPS) is 13.5. The number of carbonyl (C=O) groups is 2. The first-order valence-corrected chi connectivity index (χ1v) is 18.7. The largest absolute Gasteiger partial charge is 0.495 e. The summed E-state index contributed by atoms with van der Waals surface area (Å²) < 4.78 is 58.4. The number of hydrogen-bond donors (Lipinski definition) is 1. The molecule has 0 atom stereocenters. The number of halogens is 3. The van der Waals surface area contributed by atoms with Crippen LogP contribution in [-0.4, -0.2) is 74.3 Å². The minimum Gasteiger partial charge on any atom is -0.495 e. The number of fused-ring (bicyclic) bond motifs is 1. The molecule has 1 aliphatic rings. The number of esters is 1. The van der Waals surface area contributed by atoms with Crippen molar-refractivity contribution in [2.75, 3.05) is 63.3 Å². The smallest absolute Gasteiger partial charge is 0.416 e. The van der Waals surface area contributed by atoms with Gasteiger partial charge in [-0.05, 0) is 73.9 Å². The number of nitrogens with zero attached hydrogens (tertiary/aromatic N) is 3. The van der Waals surface area contributed by atoms with E-state index in [0.717, 1.165) is 73.6 Å². The van der Waals surface area contributed by atoms with Crippen molar-refractivity contribution in [3.63, 3.8) is 0 Å². The van der Waals surface area contributed by atoms with Crippen LogP contribution in [0.4, 0.5) is 24.5 Å². The van der Waals surface area contributed by atoms with Crippen LogP contribution in [-0.2, 0) is 28.8 Å². The molecule has 0 aliphatic carbocycles. The average molecular weight is 757 g/mol. The van der Waals surface area contributed by atoms with Crippen LogP contribution in [0.3, 0.4) is 0 Å². The summed E-state index contributed by atoms with van der Waals surface area (Å²) in [5, 5.41) is 4.11. The van der Waals surface area contributed by atoms with Gasteiger partial charge in [-0.25, -0.2) is 0 Å². The number of rotatable bonds is 17. The molecular formula is C43H47F3N4O5. The van der Waals surface area contributed by atoms with Gasteiger partial charge < -0.3 is 29.0 Å².